The third kappa shape index (κ3) is 3.52. The molecule has 0 aromatic carbocycles. The average Bonchev–Trinajstić information content (AvgIpc) is 2.32. The van der Waals surface area contributed by atoms with Crippen molar-refractivity contribution in [2.24, 2.45) is 5.73 Å². The number of rotatable bonds is 3. The van der Waals surface area contributed by atoms with Gasteiger partial charge in [-0.15, -0.1) is 0 Å². The van der Waals surface area contributed by atoms with E-state index in [9.17, 15) is 0 Å². The molecule has 0 fully saturated rings. The fraction of sp³-hybridized carbons (Fsp3) is 0.167. The molecule has 2 rings (SSSR count). The quantitative estimate of drug-likeness (QED) is 0.944. The molecule has 5 heteroatoms. The van der Waals surface area contributed by atoms with Gasteiger partial charge in [0.2, 0.25) is 0 Å². The fourth-order valence-corrected chi connectivity index (χ4v) is 2.29. The molecular formula is C12H12BrN3S. The van der Waals surface area contributed by atoms with Gasteiger partial charge in [-0.2, -0.15) is 0 Å². The smallest absolute Gasteiger partial charge is 0.102 e. The highest BCUT2D eigenvalue weighted by molar-refractivity contribution is 9.10. The van der Waals surface area contributed by atoms with Gasteiger partial charge in [0.05, 0.1) is 0 Å². The van der Waals surface area contributed by atoms with Crippen molar-refractivity contribution < 1.29 is 0 Å². The molecule has 0 bridgehead atoms. The summed E-state index contributed by atoms with van der Waals surface area (Å²) in [4.78, 5) is 8.59. The van der Waals surface area contributed by atoms with Crippen LogP contribution in [0.2, 0.25) is 0 Å². The van der Waals surface area contributed by atoms with E-state index in [2.05, 4.69) is 25.9 Å². The van der Waals surface area contributed by atoms with Crippen LogP contribution in [0.4, 0.5) is 0 Å². The van der Waals surface area contributed by atoms with Crippen LogP contribution in [0, 0.1) is 0 Å². The summed E-state index contributed by atoms with van der Waals surface area (Å²) in [6.07, 6.45) is 3.55. The van der Waals surface area contributed by atoms with Crippen LogP contribution in [-0.2, 0) is 0 Å². The van der Waals surface area contributed by atoms with Crippen molar-refractivity contribution >= 4 is 27.7 Å². The SMILES string of the molecule is C[C@@H](N)c1ccnc(Sc2ccc(Br)cn2)c1. The number of aromatic nitrogens is 2. The summed E-state index contributed by atoms with van der Waals surface area (Å²) in [7, 11) is 0. The number of hydrogen-bond acceptors (Lipinski definition) is 4. The van der Waals surface area contributed by atoms with Crippen molar-refractivity contribution in [3.63, 3.8) is 0 Å². The van der Waals surface area contributed by atoms with E-state index >= 15 is 0 Å². The Hall–Kier alpha value is -0.910. The molecule has 3 nitrogen and oxygen atoms in total. The molecule has 2 heterocycles. The normalized spacial score (nSPS) is 12.4. The summed E-state index contributed by atoms with van der Waals surface area (Å²) in [5.41, 5.74) is 6.92. The first kappa shape index (κ1) is 12.5. The van der Waals surface area contributed by atoms with Crippen LogP contribution >= 0.6 is 27.7 Å². The molecule has 0 radical (unpaired) electrons. The van der Waals surface area contributed by atoms with E-state index < -0.39 is 0 Å². The van der Waals surface area contributed by atoms with Crippen LogP contribution in [0.15, 0.2) is 51.2 Å². The zero-order chi connectivity index (χ0) is 12.3. The van der Waals surface area contributed by atoms with E-state index in [1.165, 1.54) is 11.8 Å². The second-order valence-electron chi connectivity index (χ2n) is 3.63. The van der Waals surface area contributed by atoms with E-state index in [0.717, 1.165) is 20.1 Å². The largest absolute Gasteiger partial charge is 0.324 e. The second kappa shape index (κ2) is 5.62. The summed E-state index contributed by atoms with van der Waals surface area (Å²) in [6.45, 7) is 1.96. The van der Waals surface area contributed by atoms with Gasteiger partial charge < -0.3 is 5.73 Å². The highest BCUT2D eigenvalue weighted by atomic mass is 79.9. The fourth-order valence-electron chi connectivity index (χ4n) is 1.29. The number of nitrogens with two attached hydrogens (primary N) is 1. The molecule has 88 valence electrons. The molecule has 0 spiro atoms. The van der Waals surface area contributed by atoms with Gasteiger partial charge in [0.15, 0.2) is 0 Å². The van der Waals surface area contributed by atoms with Crippen molar-refractivity contribution in [3.8, 4) is 0 Å². The van der Waals surface area contributed by atoms with Gasteiger partial charge in [0.1, 0.15) is 10.1 Å². The predicted molar refractivity (Wildman–Crippen MR) is 72.9 cm³/mol. The van der Waals surface area contributed by atoms with Gasteiger partial charge in [-0.25, -0.2) is 9.97 Å². The predicted octanol–water partition coefficient (Wildman–Crippen LogP) is 3.41. The van der Waals surface area contributed by atoms with E-state index in [1.807, 2.05) is 31.2 Å². The van der Waals surface area contributed by atoms with Gasteiger partial charge in [-0.1, -0.05) is 11.8 Å². The van der Waals surface area contributed by atoms with Crippen LogP contribution < -0.4 is 5.73 Å². The van der Waals surface area contributed by atoms with Crippen LogP contribution in [0.3, 0.4) is 0 Å². The Morgan fingerprint density at radius 2 is 2.06 bits per heavy atom. The van der Waals surface area contributed by atoms with E-state index in [1.54, 1.807) is 12.4 Å². The van der Waals surface area contributed by atoms with Gasteiger partial charge in [0.25, 0.3) is 0 Å². The minimum atomic E-state index is 0.0234. The summed E-state index contributed by atoms with van der Waals surface area (Å²) >= 11 is 4.89. The zero-order valence-electron chi connectivity index (χ0n) is 9.30. The Kier molecular flexibility index (Phi) is 4.15. The Morgan fingerprint density at radius 1 is 1.24 bits per heavy atom. The molecule has 2 aromatic heterocycles. The van der Waals surface area contributed by atoms with Crippen LogP contribution in [0.5, 0.6) is 0 Å². The molecule has 0 amide bonds. The average molecular weight is 310 g/mol. The van der Waals surface area contributed by atoms with Gasteiger partial charge in [0, 0.05) is 22.9 Å². The minimum Gasteiger partial charge on any atom is -0.324 e. The molecule has 2 aromatic rings. The summed E-state index contributed by atoms with van der Waals surface area (Å²) in [5.74, 6) is 0. The Balaban J connectivity index is 2.18. The molecule has 0 unspecified atom stereocenters. The number of pyridine rings is 2. The lowest BCUT2D eigenvalue weighted by atomic mass is 10.1. The standard InChI is InChI=1S/C12H12BrN3S/c1-8(14)9-4-5-15-12(6-9)17-11-3-2-10(13)7-16-11/h2-8H,14H2,1H3/t8-/m1/s1. The molecule has 1 atom stereocenters. The first-order chi connectivity index (χ1) is 8.15. The highest BCUT2D eigenvalue weighted by Gasteiger charge is 2.04. The topological polar surface area (TPSA) is 51.8 Å². The van der Waals surface area contributed by atoms with E-state index in [4.69, 9.17) is 5.73 Å². The molecular weight excluding hydrogens is 298 g/mol. The maximum Gasteiger partial charge on any atom is 0.102 e. The van der Waals surface area contributed by atoms with Crippen molar-refractivity contribution in [3.05, 3.63) is 46.7 Å². The second-order valence-corrected chi connectivity index (χ2v) is 5.59. The van der Waals surface area contributed by atoms with Crippen LogP contribution in [0.1, 0.15) is 18.5 Å². The first-order valence-electron chi connectivity index (χ1n) is 5.16. The molecule has 2 N–H and O–H groups in total. The lowest BCUT2D eigenvalue weighted by molar-refractivity contribution is 0.808. The first-order valence-corrected chi connectivity index (χ1v) is 6.77. The van der Waals surface area contributed by atoms with Gasteiger partial charge in [-0.05, 0) is 52.7 Å². The maximum absolute atomic E-state index is 5.84. The number of halogens is 1. The monoisotopic (exact) mass is 309 g/mol. The van der Waals surface area contributed by atoms with Crippen molar-refractivity contribution in [2.75, 3.05) is 0 Å². The van der Waals surface area contributed by atoms with E-state index in [-0.39, 0.29) is 6.04 Å². The van der Waals surface area contributed by atoms with Crippen LogP contribution in [0.25, 0.3) is 0 Å². The van der Waals surface area contributed by atoms with Crippen molar-refractivity contribution in [1.29, 1.82) is 0 Å². The van der Waals surface area contributed by atoms with Gasteiger partial charge in [-0.3, -0.25) is 0 Å². The number of nitrogens with zero attached hydrogens (tertiary/aromatic N) is 2. The number of hydrogen-bond donors (Lipinski definition) is 1. The zero-order valence-corrected chi connectivity index (χ0v) is 11.7. The Bertz CT molecular complexity index is 499. The molecule has 0 aliphatic carbocycles. The third-order valence-electron chi connectivity index (χ3n) is 2.19. The molecule has 0 saturated carbocycles. The molecule has 0 aliphatic rings. The van der Waals surface area contributed by atoms with Crippen LogP contribution in [-0.4, -0.2) is 9.97 Å². The van der Waals surface area contributed by atoms with Crippen molar-refractivity contribution in [1.82, 2.24) is 9.97 Å². The summed E-state index contributed by atoms with van der Waals surface area (Å²) in [5, 5.41) is 1.83. The molecule has 0 saturated heterocycles. The summed E-state index contributed by atoms with van der Waals surface area (Å²) in [6, 6.07) is 7.87. The minimum absolute atomic E-state index is 0.0234. The maximum atomic E-state index is 5.84. The third-order valence-corrected chi connectivity index (χ3v) is 3.55. The Labute approximate surface area is 113 Å². The highest BCUT2D eigenvalue weighted by Crippen LogP contribution is 2.26. The Morgan fingerprint density at radius 3 is 2.71 bits per heavy atom. The lowest BCUT2D eigenvalue weighted by Gasteiger charge is -2.06. The molecule has 0 aliphatic heterocycles. The van der Waals surface area contributed by atoms with Crippen molar-refractivity contribution in [2.45, 2.75) is 23.0 Å². The summed E-state index contributed by atoms with van der Waals surface area (Å²) < 4.78 is 0.971. The molecule has 17 heavy (non-hydrogen) atoms. The lowest BCUT2D eigenvalue weighted by Crippen LogP contribution is -2.04. The van der Waals surface area contributed by atoms with E-state index in [0.29, 0.717) is 0 Å². The van der Waals surface area contributed by atoms with Gasteiger partial charge >= 0.3 is 0 Å².